The second kappa shape index (κ2) is 10.9. The van der Waals surface area contributed by atoms with E-state index in [0.717, 1.165) is 5.56 Å². The summed E-state index contributed by atoms with van der Waals surface area (Å²) >= 11 is 6.23. The molecule has 0 unspecified atom stereocenters. The zero-order chi connectivity index (χ0) is 24.0. The van der Waals surface area contributed by atoms with Gasteiger partial charge in [-0.3, -0.25) is 0 Å². The zero-order valence-corrected chi connectivity index (χ0v) is 19.5. The fraction of sp³-hybridized carbons (Fsp3) is 0.280. The van der Waals surface area contributed by atoms with Gasteiger partial charge in [0.1, 0.15) is 0 Å². The van der Waals surface area contributed by atoms with E-state index < -0.39 is 17.9 Å². The van der Waals surface area contributed by atoms with Crippen molar-refractivity contribution < 1.29 is 28.9 Å². The van der Waals surface area contributed by atoms with Gasteiger partial charge in [0.05, 0.1) is 42.9 Å². The van der Waals surface area contributed by atoms with E-state index in [9.17, 15) is 14.7 Å². The summed E-state index contributed by atoms with van der Waals surface area (Å²) in [5.41, 5.74) is 2.07. The van der Waals surface area contributed by atoms with Gasteiger partial charge in [0.25, 0.3) is 0 Å². The van der Waals surface area contributed by atoms with E-state index in [1.807, 2.05) is 30.3 Å². The van der Waals surface area contributed by atoms with Crippen LogP contribution in [0.4, 0.5) is 0 Å². The molecule has 0 radical (unpaired) electrons. The number of methoxy groups -OCH3 is 2. The summed E-state index contributed by atoms with van der Waals surface area (Å²) < 4.78 is 15.5. The zero-order valence-electron chi connectivity index (χ0n) is 18.7. The molecule has 3 rings (SSSR count). The van der Waals surface area contributed by atoms with Crippen molar-refractivity contribution in [2.45, 2.75) is 19.3 Å². The molecular weight excluding hydrogens is 446 g/mol. The van der Waals surface area contributed by atoms with E-state index in [1.54, 1.807) is 30.3 Å². The van der Waals surface area contributed by atoms with E-state index in [1.165, 1.54) is 20.3 Å². The molecule has 33 heavy (non-hydrogen) atoms. The van der Waals surface area contributed by atoms with Crippen LogP contribution in [0.2, 0.25) is 5.02 Å². The predicted molar refractivity (Wildman–Crippen MR) is 124 cm³/mol. The van der Waals surface area contributed by atoms with Crippen molar-refractivity contribution in [1.82, 2.24) is 4.90 Å². The first kappa shape index (κ1) is 24.2. The number of phenols is 1. The normalized spacial score (nSPS) is 13.8. The number of halogens is 1. The summed E-state index contributed by atoms with van der Waals surface area (Å²) in [6.07, 6.45) is 4.01. The second-order valence-corrected chi connectivity index (χ2v) is 7.75. The minimum atomic E-state index is -0.824. The number of phenolic OH excluding ortho intramolecular Hbond substituents is 1. The van der Waals surface area contributed by atoms with Gasteiger partial charge in [-0.15, -0.1) is 0 Å². The van der Waals surface area contributed by atoms with Crippen LogP contribution in [-0.2, 0) is 25.5 Å². The topological polar surface area (TPSA) is 85.3 Å². The van der Waals surface area contributed by atoms with Gasteiger partial charge in [0.2, 0.25) is 0 Å². The highest BCUT2D eigenvalue weighted by atomic mass is 35.5. The Morgan fingerprint density at radius 3 is 2.18 bits per heavy atom. The quantitative estimate of drug-likeness (QED) is 0.577. The molecule has 0 saturated heterocycles. The van der Waals surface area contributed by atoms with Crippen molar-refractivity contribution in [3.05, 3.63) is 82.2 Å². The molecule has 174 valence electrons. The molecule has 0 fully saturated rings. The minimum absolute atomic E-state index is 0.0379. The van der Waals surface area contributed by atoms with Crippen molar-refractivity contribution in [3.8, 4) is 11.5 Å². The van der Waals surface area contributed by atoms with Gasteiger partial charge in [0, 0.05) is 18.9 Å². The molecule has 0 aliphatic carbocycles. The van der Waals surface area contributed by atoms with Crippen LogP contribution < -0.4 is 4.74 Å². The Bertz CT molecular complexity index is 1050. The lowest BCUT2D eigenvalue weighted by Crippen LogP contribution is -2.29. The Kier molecular flexibility index (Phi) is 8.01. The second-order valence-electron chi connectivity index (χ2n) is 7.34. The fourth-order valence-corrected chi connectivity index (χ4v) is 3.92. The molecule has 0 spiro atoms. The molecule has 1 aliphatic rings. The summed E-state index contributed by atoms with van der Waals surface area (Å²) in [6, 6.07) is 12.9. The predicted octanol–water partition coefficient (Wildman–Crippen LogP) is 4.20. The maximum absolute atomic E-state index is 12.8. The third kappa shape index (κ3) is 5.49. The standard InChI is InChI=1S/C25H26ClNO6/c1-4-33-21-13-17(12-20(26)23(21)28)22-18(24(29)31-2)14-27(15-19(22)25(30)32-3)11-10-16-8-6-5-7-9-16/h5-9,12-15,22,28H,4,10-11H2,1-3H3. The number of aromatic hydroxyl groups is 1. The van der Waals surface area contributed by atoms with Gasteiger partial charge in [-0.05, 0) is 36.6 Å². The van der Waals surface area contributed by atoms with Crippen molar-refractivity contribution >= 4 is 23.5 Å². The van der Waals surface area contributed by atoms with E-state index in [-0.39, 0.29) is 27.7 Å². The Hall–Kier alpha value is -3.45. The molecule has 1 aliphatic heterocycles. The molecule has 0 amide bonds. The maximum atomic E-state index is 12.8. The lowest BCUT2D eigenvalue weighted by molar-refractivity contribution is -0.137. The van der Waals surface area contributed by atoms with Gasteiger partial charge in [-0.2, -0.15) is 0 Å². The van der Waals surface area contributed by atoms with Crippen LogP contribution in [-0.4, -0.2) is 49.3 Å². The number of benzene rings is 2. The lowest BCUT2D eigenvalue weighted by atomic mass is 9.83. The van der Waals surface area contributed by atoms with Gasteiger partial charge < -0.3 is 24.2 Å². The average Bonchev–Trinajstić information content (AvgIpc) is 2.84. The number of esters is 2. The molecule has 1 heterocycles. The van der Waals surface area contributed by atoms with Gasteiger partial charge >= 0.3 is 11.9 Å². The molecule has 0 atom stereocenters. The summed E-state index contributed by atoms with van der Waals surface area (Å²) in [4.78, 5) is 27.3. The minimum Gasteiger partial charge on any atom is -0.503 e. The summed E-state index contributed by atoms with van der Waals surface area (Å²) in [7, 11) is 2.56. The van der Waals surface area contributed by atoms with Gasteiger partial charge in [-0.25, -0.2) is 9.59 Å². The third-order valence-corrected chi connectivity index (χ3v) is 5.55. The van der Waals surface area contributed by atoms with Crippen LogP contribution in [0.5, 0.6) is 11.5 Å². The van der Waals surface area contributed by atoms with Crippen LogP contribution in [0.25, 0.3) is 0 Å². The van der Waals surface area contributed by atoms with Crippen molar-refractivity contribution in [2.75, 3.05) is 27.4 Å². The molecule has 2 aromatic carbocycles. The Morgan fingerprint density at radius 1 is 1.03 bits per heavy atom. The van der Waals surface area contributed by atoms with Crippen LogP contribution in [0.3, 0.4) is 0 Å². The van der Waals surface area contributed by atoms with E-state index in [2.05, 4.69) is 0 Å². The average molecular weight is 472 g/mol. The van der Waals surface area contributed by atoms with Crippen molar-refractivity contribution in [3.63, 3.8) is 0 Å². The summed E-state index contributed by atoms with van der Waals surface area (Å²) in [5.74, 6) is -2.08. The molecule has 0 saturated carbocycles. The molecule has 0 bridgehead atoms. The largest absolute Gasteiger partial charge is 0.503 e. The molecule has 8 heteroatoms. The van der Waals surface area contributed by atoms with Crippen molar-refractivity contribution in [2.24, 2.45) is 0 Å². The molecule has 1 N–H and O–H groups in total. The first-order valence-corrected chi connectivity index (χ1v) is 10.8. The van der Waals surface area contributed by atoms with Crippen molar-refractivity contribution in [1.29, 1.82) is 0 Å². The Labute approximate surface area is 197 Å². The lowest BCUT2D eigenvalue weighted by Gasteiger charge is -2.30. The molecule has 0 aromatic heterocycles. The van der Waals surface area contributed by atoms with E-state index in [4.69, 9.17) is 25.8 Å². The highest BCUT2D eigenvalue weighted by Crippen LogP contribution is 2.43. The number of carbonyl (C=O) groups is 2. The van der Waals surface area contributed by atoms with Crippen LogP contribution in [0.15, 0.2) is 66.0 Å². The number of nitrogens with zero attached hydrogens (tertiary/aromatic N) is 1. The highest BCUT2D eigenvalue weighted by Gasteiger charge is 2.36. The molecule has 7 nitrogen and oxygen atoms in total. The van der Waals surface area contributed by atoms with E-state index in [0.29, 0.717) is 25.1 Å². The first-order chi connectivity index (χ1) is 15.9. The maximum Gasteiger partial charge on any atom is 0.336 e. The number of ether oxygens (including phenoxy) is 3. The fourth-order valence-electron chi connectivity index (χ4n) is 3.71. The van der Waals surface area contributed by atoms with Gasteiger partial charge in [-0.1, -0.05) is 41.9 Å². The summed E-state index contributed by atoms with van der Waals surface area (Å²) in [5, 5.41) is 10.3. The number of carbonyl (C=O) groups excluding carboxylic acids is 2. The Balaban J connectivity index is 2.06. The van der Waals surface area contributed by atoms with Crippen LogP contribution in [0, 0.1) is 0 Å². The Morgan fingerprint density at radius 2 is 1.64 bits per heavy atom. The third-order valence-electron chi connectivity index (χ3n) is 5.26. The number of hydrogen-bond donors (Lipinski definition) is 1. The van der Waals surface area contributed by atoms with Crippen LogP contribution >= 0.6 is 11.6 Å². The van der Waals surface area contributed by atoms with Gasteiger partial charge in [0.15, 0.2) is 11.5 Å². The number of hydrogen-bond acceptors (Lipinski definition) is 7. The smallest absolute Gasteiger partial charge is 0.336 e. The monoisotopic (exact) mass is 471 g/mol. The molecular formula is C25H26ClNO6. The molecule has 2 aromatic rings. The summed E-state index contributed by atoms with van der Waals surface area (Å²) in [6.45, 7) is 2.59. The van der Waals surface area contributed by atoms with Crippen LogP contribution in [0.1, 0.15) is 24.0 Å². The number of rotatable bonds is 8. The van der Waals surface area contributed by atoms with E-state index >= 15 is 0 Å². The highest BCUT2D eigenvalue weighted by molar-refractivity contribution is 6.32. The SMILES string of the molecule is CCOc1cc(C2C(C(=O)OC)=CN(CCc3ccccc3)C=C2C(=O)OC)cc(Cl)c1O. The first-order valence-electron chi connectivity index (χ1n) is 10.4.